The lowest BCUT2D eigenvalue weighted by Crippen LogP contribution is -2.31. The fourth-order valence-electron chi connectivity index (χ4n) is 2.38. The lowest BCUT2D eigenvalue weighted by atomic mass is 9.82. The molecule has 1 aromatic rings. The Morgan fingerprint density at radius 2 is 2.35 bits per heavy atom. The van der Waals surface area contributed by atoms with Crippen molar-refractivity contribution in [3.63, 3.8) is 0 Å². The van der Waals surface area contributed by atoms with Crippen molar-refractivity contribution < 1.29 is 9.90 Å². The van der Waals surface area contributed by atoms with E-state index in [1.54, 1.807) is 16.4 Å². The van der Waals surface area contributed by atoms with Crippen molar-refractivity contribution >= 4 is 17.7 Å². The molecule has 3 unspecified atom stereocenters. The summed E-state index contributed by atoms with van der Waals surface area (Å²) in [5.41, 5.74) is 0. The molecule has 0 amide bonds. The van der Waals surface area contributed by atoms with Gasteiger partial charge in [0, 0.05) is 23.4 Å². The lowest BCUT2D eigenvalue weighted by Gasteiger charge is -2.31. The predicted octanol–water partition coefficient (Wildman–Crippen LogP) is 2.40. The molecule has 2 rings (SSSR count). The Morgan fingerprint density at radius 3 is 2.94 bits per heavy atom. The van der Waals surface area contributed by atoms with Crippen molar-refractivity contribution in [2.75, 3.05) is 0 Å². The zero-order valence-corrected chi connectivity index (χ0v) is 11.0. The highest BCUT2D eigenvalue weighted by atomic mass is 32.2. The molecule has 1 heterocycles. The van der Waals surface area contributed by atoms with Crippen LogP contribution >= 0.6 is 11.8 Å². The molecule has 5 heteroatoms. The first kappa shape index (κ1) is 12.5. The summed E-state index contributed by atoms with van der Waals surface area (Å²) in [4.78, 5) is 12.3. The maximum absolute atomic E-state index is 11.2. The summed E-state index contributed by atoms with van der Waals surface area (Å²) < 4.78 is 1.75. The van der Waals surface area contributed by atoms with Gasteiger partial charge in [0.05, 0.1) is 12.1 Å². The van der Waals surface area contributed by atoms with Gasteiger partial charge in [-0.25, -0.2) is 0 Å². The number of carboxylic acid groups (broad SMARTS) is 1. The minimum atomic E-state index is -0.654. The second-order valence-electron chi connectivity index (χ2n) is 4.87. The van der Waals surface area contributed by atoms with Gasteiger partial charge in [-0.2, -0.15) is 5.10 Å². The highest BCUT2D eigenvalue weighted by Crippen LogP contribution is 2.39. The van der Waals surface area contributed by atoms with Crippen LogP contribution in [0, 0.1) is 11.8 Å². The van der Waals surface area contributed by atoms with E-state index in [2.05, 4.69) is 12.0 Å². The van der Waals surface area contributed by atoms with Gasteiger partial charge < -0.3 is 5.11 Å². The molecular formula is C12H18N2O2S. The third kappa shape index (κ3) is 3.03. The topological polar surface area (TPSA) is 55.1 Å². The molecule has 1 aromatic heterocycles. The second-order valence-corrected chi connectivity index (χ2v) is 6.18. The number of nitrogens with zero attached hydrogens (tertiary/aromatic N) is 2. The van der Waals surface area contributed by atoms with Crippen LogP contribution in [-0.4, -0.2) is 26.1 Å². The maximum atomic E-state index is 11.2. The number of thioether (sulfide) groups is 1. The number of carboxylic acids is 1. The Kier molecular flexibility index (Phi) is 3.76. The highest BCUT2D eigenvalue weighted by Gasteiger charge is 2.34. The zero-order chi connectivity index (χ0) is 12.4. The zero-order valence-electron chi connectivity index (χ0n) is 10.2. The molecule has 0 saturated heterocycles. The Bertz CT molecular complexity index is 405. The van der Waals surface area contributed by atoms with E-state index in [1.165, 1.54) is 0 Å². The molecule has 0 bridgehead atoms. The summed E-state index contributed by atoms with van der Waals surface area (Å²) in [7, 11) is 1.88. The first-order chi connectivity index (χ1) is 8.06. The molecule has 94 valence electrons. The molecule has 0 aromatic carbocycles. The van der Waals surface area contributed by atoms with Crippen LogP contribution in [0.4, 0.5) is 0 Å². The first-order valence-electron chi connectivity index (χ1n) is 5.94. The number of aliphatic carboxylic acids is 1. The third-order valence-electron chi connectivity index (χ3n) is 3.34. The molecular weight excluding hydrogens is 236 g/mol. The van der Waals surface area contributed by atoms with Crippen LogP contribution in [0.15, 0.2) is 17.3 Å². The number of carbonyl (C=O) groups is 1. The second kappa shape index (κ2) is 5.12. The molecule has 1 N–H and O–H groups in total. The van der Waals surface area contributed by atoms with Gasteiger partial charge in [0.2, 0.25) is 0 Å². The average molecular weight is 254 g/mol. The van der Waals surface area contributed by atoms with Crippen LogP contribution in [0.25, 0.3) is 0 Å². The molecule has 1 aliphatic rings. The van der Waals surface area contributed by atoms with Gasteiger partial charge in [-0.1, -0.05) is 6.92 Å². The van der Waals surface area contributed by atoms with Crippen LogP contribution in [0.5, 0.6) is 0 Å². The van der Waals surface area contributed by atoms with E-state index in [-0.39, 0.29) is 11.2 Å². The van der Waals surface area contributed by atoms with E-state index in [0.29, 0.717) is 5.92 Å². The van der Waals surface area contributed by atoms with Crippen molar-refractivity contribution in [2.24, 2.45) is 18.9 Å². The summed E-state index contributed by atoms with van der Waals surface area (Å²) in [6, 6.07) is 0. The Morgan fingerprint density at radius 1 is 1.59 bits per heavy atom. The molecule has 3 atom stereocenters. The Labute approximate surface area is 105 Å². The summed E-state index contributed by atoms with van der Waals surface area (Å²) >= 11 is 1.66. The van der Waals surface area contributed by atoms with E-state index in [4.69, 9.17) is 0 Å². The van der Waals surface area contributed by atoms with Gasteiger partial charge in [0.1, 0.15) is 0 Å². The number of rotatable bonds is 3. The SMILES string of the molecule is CC1CCC(C(=O)O)C(Sc2cnn(C)c2)C1. The van der Waals surface area contributed by atoms with Gasteiger partial charge in [-0.05, 0) is 25.2 Å². The summed E-state index contributed by atoms with van der Waals surface area (Å²) in [6.07, 6.45) is 6.57. The number of aryl methyl sites for hydroxylation is 1. The Balaban J connectivity index is 2.07. The standard InChI is InChI=1S/C12H18N2O2S/c1-8-3-4-10(12(15)16)11(5-8)17-9-6-13-14(2)7-9/h6-8,10-11H,3-5H2,1-2H3,(H,15,16). The van der Waals surface area contributed by atoms with Crippen LogP contribution in [0.3, 0.4) is 0 Å². The fourth-order valence-corrected chi connectivity index (χ4v) is 3.89. The van der Waals surface area contributed by atoms with E-state index < -0.39 is 5.97 Å². The van der Waals surface area contributed by atoms with Gasteiger partial charge in [-0.3, -0.25) is 9.48 Å². The van der Waals surface area contributed by atoms with Crippen molar-refractivity contribution in [1.29, 1.82) is 0 Å². The highest BCUT2D eigenvalue weighted by molar-refractivity contribution is 8.00. The van der Waals surface area contributed by atoms with Crippen LogP contribution in [0.1, 0.15) is 26.2 Å². The molecule has 0 spiro atoms. The molecule has 1 fully saturated rings. The average Bonchev–Trinajstić information content (AvgIpc) is 2.63. The predicted molar refractivity (Wildman–Crippen MR) is 67.0 cm³/mol. The molecule has 17 heavy (non-hydrogen) atoms. The monoisotopic (exact) mass is 254 g/mol. The van der Waals surface area contributed by atoms with Crippen molar-refractivity contribution in [3.8, 4) is 0 Å². The first-order valence-corrected chi connectivity index (χ1v) is 6.82. The van der Waals surface area contributed by atoms with Crippen molar-refractivity contribution in [3.05, 3.63) is 12.4 Å². The van der Waals surface area contributed by atoms with Gasteiger partial charge in [0.15, 0.2) is 0 Å². The quantitative estimate of drug-likeness (QED) is 0.900. The normalized spacial score (nSPS) is 29.2. The van der Waals surface area contributed by atoms with Crippen molar-refractivity contribution in [2.45, 2.75) is 36.3 Å². The van der Waals surface area contributed by atoms with Gasteiger partial charge >= 0.3 is 5.97 Å². The van der Waals surface area contributed by atoms with Crippen molar-refractivity contribution in [1.82, 2.24) is 9.78 Å². The molecule has 0 aliphatic heterocycles. The molecule has 1 aliphatic carbocycles. The van der Waals surface area contributed by atoms with Gasteiger partial charge in [-0.15, -0.1) is 11.8 Å². The van der Waals surface area contributed by atoms with E-state index >= 15 is 0 Å². The summed E-state index contributed by atoms with van der Waals surface area (Å²) in [6.45, 7) is 2.20. The van der Waals surface area contributed by atoms with E-state index in [9.17, 15) is 9.90 Å². The Hall–Kier alpha value is -0.970. The van der Waals surface area contributed by atoms with E-state index in [0.717, 1.165) is 24.2 Å². The summed E-state index contributed by atoms with van der Waals surface area (Å²) in [5.74, 6) is -0.241. The maximum Gasteiger partial charge on any atom is 0.307 e. The molecule has 1 saturated carbocycles. The minimum Gasteiger partial charge on any atom is -0.481 e. The lowest BCUT2D eigenvalue weighted by molar-refractivity contribution is -0.142. The minimum absolute atomic E-state index is 0.181. The molecule has 4 nitrogen and oxygen atoms in total. The summed E-state index contributed by atoms with van der Waals surface area (Å²) in [5, 5.41) is 13.5. The number of hydrogen-bond donors (Lipinski definition) is 1. The van der Waals surface area contributed by atoms with E-state index in [1.807, 2.05) is 19.4 Å². The van der Waals surface area contributed by atoms with Crippen LogP contribution in [-0.2, 0) is 11.8 Å². The fraction of sp³-hybridized carbons (Fsp3) is 0.667. The largest absolute Gasteiger partial charge is 0.481 e. The van der Waals surface area contributed by atoms with Crippen LogP contribution in [0.2, 0.25) is 0 Å². The number of hydrogen-bond acceptors (Lipinski definition) is 3. The van der Waals surface area contributed by atoms with Crippen LogP contribution < -0.4 is 0 Å². The third-order valence-corrected chi connectivity index (χ3v) is 4.65. The van der Waals surface area contributed by atoms with Gasteiger partial charge in [0.25, 0.3) is 0 Å². The number of aromatic nitrogens is 2. The smallest absolute Gasteiger partial charge is 0.307 e. The molecule has 0 radical (unpaired) electrons.